The second-order valence-corrected chi connectivity index (χ2v) is 10.9. The molecule has 182 valence electrons. The van der Waals surface area contributed by atoms with Gasteiger partial charge < -0.3 is 10.4 Å². The van der Waals surface area contributed by atoms with Crippen LogP contribution in [0.25, 0.3) is 0 Å². The Bertz CT molecular complexity index is 1140. The average molecular weight is 508 g/mol. The molecule has 34 heavy (non-hydrogen) atoms. The first-order valence-electron chi connectivity index (χ1n) is 11.2. The van der Waals surface area contributed by atoms with E-state index in [1.54, 1.807) is 25.1 Å². The van der Waals surface area contributed by atoms with Crippen molar-refractivity contribution in [2.24, 2.45) is 16.3 Å². The summed E-state index contributed by atoms with van der Waals surface area (Å²) in [6.45, 7) is 9.21. The van der Waals surface area contributed by atoms with Crippen LogP contribution in [0.15, 0.2) is 45.8 Å². The number of halogens is 3. The van der Waals surface area contributed by atoms with Crippen molar-refractivity contribution in [3.63, 3.8) is 0 Å². The number of rotatable bonds is 4. The highest BCUT2D eigenvalue weighted by molar-refractivity contribution is 6.31. The van der Waals surface area contributed by atoms with E-state index in [0.717, 1.165) is 12.8 Å². The van der Waals surface area contributed by atoms with Crippen molar-refractivity contribution in [2.75, 3.05) is 5.32 Å². The molecule has 1 aromatic rings. The van der Waals surface area contributed by atoms with Crippen LogP contribution < -0.4 is 10.6 Å². The lowest BCUT2D eigenvalue weighted by Gasteiger charge is -2.50. The van der Waals surface area contributed by atoms with E-state index in [1.165, 1.54) is 6.08 Å². The number of hydrogen-bond acceptors (Lipinski definition) is 4. The Hall–Kier alpha value is -2.22. The fraction of sp³-hybridized carbons (Fsp3) is 0.480. The summed E-state index contributed by atoms with van der Waals surface area (Å²) in [6, 6.07) is 3.83. The molecule has 3 aliphatic rings. The van der Waals surface area contributed by atoms with Crippen molar-refractivity contribution in [1.82, 2.24) is 5.32 Å². The molecule has 2 fully saturated rings. The summed E-state index contributed by atoms with van der Waals surface area (Å²) in [5, 5.41) is 16.5. The molecule has 0 unspecified atom stereocenters. The second-order valence-electron chi connectivity index (χ2n) is 10.1. The highest BCUT2D eigenvalue weighted by Crippen LogP contribution is 2.63. The maximum Gasteiger partial charge on any atom is 0.321 e. The van der Waals surface area contributed by atoms with E-state index in [-0.39, 0.29) is 16.9 Å². The summed E-state index contributed by atoms with van der Waals surface area (Å²) in [6.07, 6.45) is 4.11. The molecule has 1 aliphatic carbocycles. The Balaban J connectivity index is 2.06. The molecule has 1 saturated heterocycles. The fourth-order valence-electron chi connectivity index (χ4n) is 6.27. The summed E-state index contributed by atoms with van der Waals surface area (Å²) in [5.74, 6) is -3.52. The number of aliphatic imine (C=N–C) groups is 1. The van der Waals surface area contributed by atoms with Gasteiger partial charge in [-0.05, 0) is 68.0 Å². The van der Waals surface area contributed by atoms with Gasteiger partial charge in [0.05, 0.1) is 0 Å². The highest BCUT2D eigenvalue weighted by atomic mass is 35.5. The molecule has 2 heterocycles. The number of allylic oxidation sites excluding steroid dienone is 2. The first kappa shape index (κ1) is 24.9. The minimum Gasteiger partial charge on any atom is -0.480 e. The number of hydrogen-bond donors (Lipinski definition) is 3. The third kappa shape index (κ3) is 3.43. The molecule has 4 rings (SSSR count). The van der Waals surface area contributed by atoms with Crippen molar-refractivity contribution in [3.05, 3.63) is 51.4 Å². The quantitative estimate of drug-likeness (QED) is 0.282. The van der Waals surface area contributed by atoms with Crippen molar-refractivity contribution in [2.45, 2.75) is 63.5 Å². The lowest BCUT2D eigenvalue weighted by molar-refractivity contribution is -0.140. The first-order chi connectivity index (χ1) is 15.9. The number of aliphatic carboxylic acids is 1. The Kier molecular flexibility index (Phi) is 6.20. The van der Waals surface area contributed by atoms with Crippen LogP contribution in [0.1, 0.15) is 52.0 Å². The van der Waals surface area contributed by atoms with E-state index in [4.69, 9.17) is 23.2 Å². The van der Waals surface area contributed by atoms with Gasteiger partial charge in [0.25, 0.3) is 0 Å². The van der Waals surface area contributed by atoms with Gasteiger partial charge in [-0.15, -0.1) is 0 Å². The molecule has 2 aliphatic heterocycles. The maximum atomic E-state index is 15.6. The SMILES string of the molecule is C=N/C(Cl)=C(F)\C(=C/C)[C@H]1[C@H](C(=O)O)NC2(CCC(C)(C)CC2)[C@@]12C(=O)Nc1cc(Cl)ccc12. The number of anilines is 1. The number of fused-ring (bicyclic) bond motifs is 3. The van der Waals surface area contributed by atoms with E-state index in [9.17, 15) is 14.7 Å². The molecule has 3 atom stereocenters. The molecular weight excluding hydrogens is 480 g/mol. The monoisotopic (exact) mass is 507 g/mol. The van der Waals surface area contributed by atoms with Crippen LogP contribution in [0.5, 0.6) is 0 Å². The molecule has 1 saturated carbocycles. The number of nitrogens with one attached hydrogen (secondary N) is 2. The maximum absolute atomic E-state index is 15.6. The number of amides is 1. The van der Waals surface area contributed by atoms with Gasteiger partial charge in [-0.2, -0.15) is 0 Å². The van der Waals surface area contributed by atoms with Crippen molar-refractivity contribution in [3.8, 4) is 0 Å². The molecule has 0 aromatic heterocycles. The molecule has 2 spiro atoms. The van der Waals surface area contributed by atoms with Gasteiger partial charge in [0.2, 0.25) is 5.91 Å². The van der Waals surface area contributed by atoms with Gasteiger partial charge in [0.1, 0.15) is 11.5 Å². The second kappa shape index (κ2) is 8.47. The Morgan fingerprint density at radius 1 is 1.29 bits per heavy atom. The van der Waals surface area contributed by atoms with Crippen LogP contribution in [0.4, 0.5) is 10.1 Å². The van der Waals surface area contributed by atoms with Gasteiger partial charge in [-0.1, -0.05) is 49.2 Å². The van der Waals surface area contributed by atoms with Crippen LogP contribution >= 0.6 is 23.2 Å². The molecule has 3 N–H and O–H groups in total. The van der Waals surface area contributed by atoms with Gasteiger partial charge in [0, 0.05) is 22.2 Å². The molecule has 6 nitrogen and oxygen atoms in total. The van der Waals surface area contributed by atoms with Gasteiger partial charge in [-0.3, -0.25) is 14.9 Å². The van der Waals surface area contributed by atoms with Crippen molar-refractivity contribution >= 4 is 47.5 Å². The summed E-state index contributed by atoms with van der Waals surface area (Å²) in [7, 11) is 0. The topological polar surface area (TPSA) is 90.8 Å². The zero-order valence-electron chi connectivity index (χ0n) is 19.3. The van der Waals surface area contributed by atoms with E-state index in [0.29, 0.717) is 29.1 Å². The number of carboxylic acid groups (broad SMARTS) is 1. The highest BCUT2D eigenvalue weighted by Gasteiger charge is 2.73. The minimum absolute atomic E-state index is 0.0111. The van der Waals surface area contributed by atoms with Crippen LogP contribution in [-0.2, 0) is 15.0 Å². The molecule has 0 radical (unpaired) electrons. The zero-order valence-corrected chi connectivity index (χ0v) is 20.9. The minimum atomic E-state index is -1.40. The number of benzene rings is 1. The van der Waals surface area contributed by atoms with Gasteiger partial charge >= 0.3 is 5.97 Å². The van der Waals surface area contributed by atoms with Crippen LogP contribution in [0.3, 0.4) is 0 Å². The number of carbonyl (C=O) groups is 2. The van der Waals surface area contributed by atoms with Crippen LogP contribution in [-0.4, -0.2) is 35.3 Å². The molecule has 1 amide bonds. The summed E-state index contributed by atoms with van der Waals surface area (Å²) >= 11 is 12.2. The van der Waals surface area contributed by atoms with Crippen LogP contribution in [0, 0.1) is 11.3 Å². The van der Waals surface area contributed by atoms with E-state index >= 15 is 4.39 Å². The Morgan fingerprint density at radius 3 is 2.50 bits per heavy atom. The lowest BCUT2D eigenvalue weighted by atomic mass is 9.53. The van der Waals surface area contributed by atoms with E-state index < -0.39 is 39.9 Å². The number of carbonyl (C=O) groups excluding carboxylic acids is 1. The first-order valence-corrected chi connectivity index (χ1v) is 12.0. The average Bonchev–Trinajstić information content (AvgIpc) is 3.24. The smallest absolute Gasteiger partial charge is 0.321 e. The van der Waals surface area contributed by atoms with Crippen LogP contribution in [0.2, 0.25) is 5.02 Å². The molecule has 1 aromatic carbocycles. The Morgan fingerprint density at radius 2 is 1.94 bits per heavy atom. The lowest BCUT2D eigenvalue weighted by Crippen LogP contribution is -2.61. The molecule has 0 bridgehead atoms. The predicted molar refractivity (Wildman–Crippen MR) is 132 cm³/mol. The van der Waals surface area contributed by atoms with Crippen molar-refractivity contribution in [1.29, 1.82) is 0 Å². The predicted octanol–water partition coefficient (Wildman–Crippen LogP) is 5.57. The number of carboxylic acids is 1. The van der Waals surface area contributed by atoms with Crippen molar-refractivity contribution < 1.29 is 19.1 Å². The standard InChI is InChI=1S/C25H28Cl2FN3O3/c1-5-14(18(28)20(27)29-4)17-19(21(32)33)31-24(10-8-23(2,3)9-11-24)25(17)15-7-6-13(26)12-16(15)30-22(25)34/h5-7,12,17,19,31H,4,8-11H2,1-3H3,(H,30,34)(H,32,33)/b14-5-,20-18+/t17-,19+,25+/m0/s1. The largest absolute Gasteiger partial charge is 0.480 e. The zero-order chi connectivity index (χ0) is 25.1. The molecular formula is C25H28Cl2FN3O3. The Labute approximate surface area is 208 Å². The van der Waals surface area contributed by atoms with Gasteiger partial charge in [-0.25, -0.2) is 9.38 Å². The van der Waals surface area contributed by atoms with Gasteiger partial charge in [0.15, 0.2) is 11.0 Å². The summed E-state index contributed by atoms with van der Waals surface area (Å²) in [5.41, 5.74) is -1.15. The normalized spacial score (nSPS) is 30.2. The van der Waals surface area contributed by atoms with E-state index in [2.05, 4.69) is 36.2 Å². The van der Waals surface area contributed by atoms with E-state index in [1.807, 2.05) is 0 Å². The third-order valence-corrected chi connectivity index (χ3v) is 8.46. The third-order valence-electron chi connectivity index (χ3n) is 7.94. The molecule has 9 heteroatoms. The fourth-order valence-corrected chi connectivity index (χ4v) is 6.56. The summed E-state index contributed by atoms with van der Waals surface area (Å²) < 4.78 is 15.6. The number of nitrogens with zero attached hydrogens (tertiary/aromatic N) is 1. The summed E-state index contributed by atoms with van der Waals surface area (Å²) in [4.78, 5) is 30.2.